The Hall–Kier alpha value is -3.80. The van der Waals surface area contributed by atoms with Crippen LogP contribution in [0.3, 0.4) is 0 Å². The predicted molar refractivity (Wildman–Crippen MR) is 128 cm³/mol. The molecule has 1 heterocycles. The fourth-order valence-electron chi connectivity index (χ4n) is 4.22. The number of aryl methyl sites for hydroxylation is 1. The van der Waals surface area contributed by atoms with Gasteiger partial charge >= 0.3 is 5.97 Å². The number of hydrogen-bond acceptors (Lipinski definition) is 4. The Morgan fingerprint density at radius 3 is 2.44 bits per heavy atom. The molecule has 1 aliphatic rings. The second-order valence-electron chi connectivity index (χ2n) is 8.18. The number of rotatable bonds is 5. The van der Waals surface area contributed by atoms with Crippen LogP contribution in [-0.4, -0.2) is 42.7 Å². The maximum absolute atomic E-state index is 12.4. The van der Waals surface area contributed by atoms with E-state index in [1.54, 1.807) is 36.4 Å². The molecule has 3 aromatic rings. The number of carbonyl (C=O) groups excluding carboxylic acids is 1. The fourth-order valence-corrected chi connectivity index (χ4v) is 4.22. The summed E-state index contributed by atoms with van der Waals surface area (Å²) in [7, 11) is 0. The zero-order valence-electron chi connectivity index (χ0n) is 18.3. The van der Waals surface area contributed by atoms with Crippen molar-refractivity contribution in [1.82, 2.24) is 0 Å². The van der Waals surface area contributed by atoms with Gasteiger partial charge in [-0.3, -0.25) is 4.79 Å². The van der Waals surface area contributed by atoms with Crippen molar-refractivity contribution in [2.75, 3.05) is 34.8 Å². The monoisotopic (exact) mass is 429 g/mol. The number of aromatic carboxylic acids is 1. The van der Waals surface area contributed by atoms with E-state index in [0.717, 1.165) is 6.54 Å². The van der Waals surface area contributed by atoms with E-state index in [1.807, 2.05) is 6.07 Å². The summed E-state index contributed by atoms with van der Waals surface area (Å²) in [6.45, 7) is 6.47. The van der Waals surface area contributed by atoms with E-state index in [4.69, 9.17) is 0 Å². The van der Waals surface area contributed by atoms with Gasteiger partial charge in [-0.1, -0.05) is 30.3 Å². The SMILES string of the molecule is Cc1cccc(N2CCN(c3ccc(NC(=O)c4ccccc4)cc3C(=O)O)C[C@@H]2C)c1. The van der Waals surface area contributed by atoms with Crippen LogP contribution in [0, 0.1) is 6.92 Å². The van der Waals surface area contributed by atoms with Crippen LogP contribution < -0.4 is 15.1 Å². The van der Waals surface area contributed by atoms with Crippen molar-refractivity contribution in [3.63, 3.8) is 0 Å². The largest absolute Gasteiger partial charge is 0.478 e. The molecule has 3 aromatic carbocycles. The molecule has 0 aromatic heterocycles. The molecule has 0 saturated carbocycles. The maximum atomic E-state index is 12.4. The Morgan fingerprint density at radius 2 is 1.75 bits per heavy atom. The van der Waals surface area contributed by atoms with E-state index in [0.29, 0.717) is 30.0 Å². The van der Waals surface area contributed by atoms with Gasteiger partial charge in [0.15, 0.2) is 0 Å². The molecule has 4 rings (SSSR count). The summed E-state index contributed by atoms with van der Waals surface area (Å²) in [5.74, 6) is -1.28. The minimum atomic E-state index is -1.01. The Bertz CT molecular complexity index is 1130. The Morgan fingerprint density at radius 1 is 0.969 bits per heavy atom. The average molecular weight is 430 g/mol. The average Bonchev–Trinajstić information content (AvgIpc) is 2.79. The highest BCUT2D eigenvalue weighted by Crippen LogP contribution is 2.29. The second-order valence-corrected chi connectivity index (χ2v) is 8.18. The molecular weight excluding hydrogens is 402 g/mol. The lowest BCUT2D eigenvalue weighted by Crippen LogP contribution is -2.52. The molecule has 2 N–H and O–H groups in total. The number of nitrogens with zero attached hydrogens (tertiary/aromatic N) is 2. The van der Waals surface area contributed by atoms with Crippen LogP contribution in [0.15, 0.2) is 72.8 Å². The number of carboxylic acids is 1. The first-order chi connectivity index (χ1) is 15.4. The third-order valence-electron chi connectivity index (χ3n) is 5.82. The molecule has 32 heavy (non-hydrogen) atoms. The Labute approximate surface area is 188 Å². The van der Waals surface area contributed by atoms with Crippen LogP contribution in [0.5, 0.6) is 0 Å². The van der Waals surface area contributed by atoms with Crippen LogP contribution in [0.4, 0.5) is 17.1 Å². The molecule has 1 amide bonds. The number of amides is 1. The molecule has 0 radical (unpaired) electrons. The molecule has 1 aliphatic heterocycles. The summed E-state index contributed by atoms with van der Waals surface area (Å²) in [5.41, 5.74) is 4.26. The van der Waals surface area contributed by atoms with E-state index in [2.05, 4.69) is 53.2 Å². The highest BCUT2D eigenvalue weighted by molar-refractivity contribution is 6.05. The molecular formula is C26H27N3O3. The summed E-state index contributed by atoms with van der Waals surface area (Å²) >= 11 is 0. The van der Waals surface area contributed by atoms with Crippen LogP contribution in [0.1, 0.15) is 33.2 Å². The maximum Gasteiger partial charge on any atom is 0.337 e. The third kappa shape index (κ3) is 4.59. The minimum Gasteiger partial charge on any atom is -0.478 e. The number of carbonyl (C=O) groups is 2. The van der Waals surface area contributed by atoms with Gasteiger partial charge in [-0.05, 0) is 61.9 Å². The highest BCUT2D eigenvalue weighted by Gasteiger charge is 2.27. The van der Waals surface area contributed by atoms with Gasteiger partial charge in [0.05, 0.1) is 11.3 Å². The quantitative estimate of drug-likeness (QED) is 0.617. The minimum absolute atomic E-state index is 0.187. The summed E-state index contributed by atoms with van der Waals surface area (Å²) in [6.07, 6.45) is 0. The van der Waals surface area contributed by atoms with Crippen molar-refractivity contribution in [3.05, 3.63) is 89.5 Å². The van der Waals surface area contributed by atoms with Crippen LogP contribution >= 0.6 is 0 Å². The number of anilines is 3. The van der Waals surface area contributed by atoms with Gasteiger partial charge in [-0.15, -0.1) is 0 Å². The van der Waals surface area contributed by atoms with Gasteiger partial charge in [0.2, 0.25) is 0 Å². The lowest BCUT2D eigenvalue weighted by molar-refractivity contribution is 0.0697. The van der Waals surface area contributed by atoms with E-state index >= 15 is 0 Å². The van der Waals surface area contributed by atoms with E-state index in [-0.39, 0.29) is 17.5 Å². The lowest BCUT2D eigenvalue weighted by Gasteiger charge is -2.42. The zero-order chi connectivity index (χ0) is 22.7. The number of piperazine rings is 1. The Balaban J connectivity index is 1.52. The molecule has 0 spiro atoms. The first-order valence-electron chi connectivity index (χ1n) is 10.7. The molecule has 1 atom stereocenters. The van der Waals surface area contributed by atoms with Gasteiger partial charge in [0.25, 0.3) is 5.91 Å². The van der Waals surface area contributed by atoms with Crippen molar-refractivity contribution in [2.45, 2.75) is 19.9 Å². The lowest BCUT2D eigenvalue weighted by atomic mass is 10.1. The van der Waals surface area contributed by atoms with Crippen molar-refractivity contribution in [1.29, 1.82) is 0 Å². The molecule has 1 saturated heterocycles. The van der Waals surface area contributed by atoms with Gasteiger partial charge < -0.3 is 20.2 Å². The third-order valence-corrected chi connectivity index (χ3v) is 5.82. The van der Waals surface area contributed by atoms with Gasteiger partial charge in [0.1, 0.15) is 0 Å². The molecule has 0 unspecified atom stereocenters. The van der Waals surface area contributed by atoms with Crippen LogP contribution in [0.25, 0.3) is 0 Å². The van der Waals surface area contributed by atoms with Crippen LogP contribution in [-0.2, 0) is 0 Å². The predicted octanol–water partition coefficient (Wildman–Crippen LogP) is 4.66. The van der Waals surface area contributed by atoms with Crippen LogP contribution in [0.2, 0.25) is 0 Å². The Kier molecular flexibility index (Phi) is 6.12. The molecule has 6 nitrogen and oxygen atoms in total. The molecule has 164 valence electrons. The second kappa shape index (κ2) is 9.14. The van der Waals surface area contributed by atoms with Gasteiger partial charge in [0, 0.05) is 42.6 Å². The number of hydrogen-bond donors (Lipinski definition) is 2. The highest BCUT2D eigenvalue weighted by atomic mass is 16.4. The summed E-state index contributed by atoms with van der Waals surface area (Å²) in [5, 5.41) is 12.6. The van der Waals surface area contributed by atoms with Crippen molar-refractivity contribution in [2.24, 2.45) is 0 Å². The smallest absolute Gasteiger partial charge is 0.337 e. The number of benzene rings is 3. The topological polar surface area (TPSA) is 72.9 Å². The van der Waals surface area contributed by atoms with Crippen molar-refractivity contribution < 1.29 is 14.7 Å². The fraction of sp³-hybridized carbons (Fsp3) is 0.231. The summed E-state index contributed by atoms with van der Waals surface area (Å²) in [6, 6.07) is 22.6. The summed E-state index contributed by atoms with van der Waals surface area (Å²) < 4.78 is 0. The van der Waals surface area contributed by atoms with E-state index < -0.39 is 5.97 Å². The number of carboxylic acid groups (broad SMARTS) is 1. The molecule has 1 fully saturated rings. The number of nitrogens with one attached hydrogen (secondary N) is 1. The standard InChI is InChI=1S/C26H27N3O3/c1-18-7-6-10-22(15-18)29-14-13-28(17-19(29)2)24-12-11-21(16-23(24)26(31)32)27-25(30)20-8-4-3-5-9-20/h3-12,15-16,19H,13-14,17H2,1-2H3,(H,27,30)(H,31,32)/t19-/m0/s1. The zero-order valence-corrected chi connectivity index (χ0v) is 18.3. The van der Waals surface area contributed by atoms with E-state index in [9.17, 15) is 14.7 Å². The molecule has 6 heteroatoms. The molecule has 0 bridgehead atoms. The van der Waals surface area contributed by atoms with Gasteiger partial charge in [-0.2, -0.15) is 0 Å². The normalized spacial score (nSPS) is 16.0. The van der Waals surface area contributed by atoms with Crippen molar-refractivity contribution in [3.8, 4) is 0 Å². The first kappa shape index (κ1) is 21.4. The summed E-state index contributed by atoms with van der Waals surface area (Å²) in [4.78, 5) is 28.9. The van der Waals surface area contributed by atoms with Gasteiger partial charge in [-0.25, -0.2) is 4.79 Å². The van der Waals surface area contributed by atoms with E-state index in [1.165, 1.54) is 17.3 Å². The first-order valence-corrected chi connectivity index (χ1v) is 10.7. The molecule has 0 aliphatic carbocycles. The van der Waals surface area contributed by atoms with Crippen molar-refractivity contribution >= 4 is 28.9 Å².